The third-order valence-corrected chi connectivity index (χ3v) is 3.17. The fourth-order valence-corrected chi connectivity index (χ4v) is 1.93. The number of hydrogen-bond donors (Lipinski definition) is 1. The molecule has 3 nitrogen and oxygen atoms in total. The molecular formula is C22H36I3NO2. The van der Waals surface area contributed by atoms with Crippen molar-refractivity contribution in [3.05, 3.63) is 57.7 Å². The summed E-state index contributed by atoms with van der Waals surface area (Å²) in [5.74, 6) is -0.344. The van der Waals surface area contributed by atoms with E-state index >= 15 is 0 Å². The average molecular weight is 727 g/mol. The lowest BCUT2D eigenvalue weighted by Crippen LogP contribution is -2.05. The number of ether oxygens (including phenoxy) is 1. The topological polar surface area (TPSA) is 38.3 Å². The van der Waals surface area contributed by atoms with Crippen molar-refractivity contribution in [1.82, 2.24) is 0 Å². The summed E-state index contributed by atoms with van der Waals surface area (Å²) in [7, 11) is 1.38. The Balaban J connectivity index is -0.000000251. The van der Waals surface area contributed by atoms with Crippen LogP contribution >= 0.6 is 59.8 Å². The van der Waals surface area contributed by atoms with Gasteiger partial charge in [-0.05, 0) is 59.0 Å². The number of benzene rings is 2. The molecule has 2 aromatic rings. The number of rotatable bonds is 3. The highest BCUT2D eigenvalue weighted by molar-refractivity contribution is 15.0. The molecule has 0 aromatic heterocycles. The summed E-state index contributed by atoms with van der Waals surface area (Å²) in [5, 5.41) is 3.21. The summed E-state index contributed by atoms with van der Waals surface area (Å²) in [5.41, 5.74) is 2.20. The number of anilines is 2. The SMILES string of the molecule is CC.CC.CC.CC.COC(=O)c1ccccc1Nc1ccc(I)cc1.II. The van der Waals surface area contributed by atoms with E-state index in [1.807, 2.05) is 97.9 Å². The van der Waals surface area contributed by atoms with Crippen LogP contribution in [0.5, 0.6) is 0 Å². The van der Waals surface area contributed by atoms with Gasteiger partial charge in [-0.15, -0.1) is 0 Å². The minimum atomic E-state index is -0.344. The van der Waals surface area contributed by atoms with E-state index in [4.69, 9.17) is 4.74 Å². The summed E-state index contributed by atoms with van der Waals surface area (Å²) in [4.78, 5) is 11.6. The third-order valence-electron chi connectivity index (χ3n) is 2.46. The van der Waals surface area contributed by atoms with Crippen molar-refractivity contribution < 1.29 is 9.53 Å². The van der Waals surface area contributed by atoms with Crippen molar-refractivity contribution in [2.75, 3.05) is 12.4 Å². The van der Waals surface area contributed by atoms with Gasteiger partial charge in [-0.3, -0.25) is 0 Å². The van der Waals surface area contributed by atoms with Gasteiger partial charge < -0.3 is 10.1 Å². The molecule has 162 valence electrons. The van der Waals surface area contributed by atoms with E-state index in [-0.39, 0.29) is 5.97 Å². The van der Waals surface area contributed by atoms with Crippen LogP contribution < -0.4 is 5.32 Å². The van der Waals surface area contributed by atoms with E-state index in [1.165, 1.54) is 10.7 Å². The normalized spacial score (nSPS) is 7.43. The highest BCUT2D eigenvalue weighted by Gasteiger charge is 2.10. The van der Waals surface area contributed by atoms with Crippen LogP contribution in [0, 0.1) is 3.57 Å². The van der Waals surface area contributed by atoms with Crippen molar-refractivity contribution in [2.45, 2.75) is 55.4 Å². The molecule has 6 heteroatoms. The molecule has 0 aliphatic carbocycles. The Morgan fingerprint density at radius 1 is 0.786 bits per heavy atom. The van der Waals surface area contributed by atoms with E-state index < -0.39 is 0 Å². The molecule has 28 heavy (non-hydrogen) atoms. The van der Waals surface area contributed by atoms with Crippen LogP contribution in [-0.4, -0.2) is 13.1 Å². The first kappa shape index (κ1) is 35.3. The van der Waals surface area contributed by atoms with E-state index in [1.54, 1.807) is 6.07 Å². The van der Waals surface area contributed by atoms with Crippen molar-refractivity contribution in [3.63, 3.8) is 0 Å². The highest BCUT2D eigenvalue weighted by Crippen LogP contribution is 2.22. The molecule has 2 aromatic carbocycles. The van der Waals surface area contributed by atoms with E-state index in [9.17, 15) is 4.79 Å². The lowest BCUT2D eigenvalue weighted by atomic mass is 10.1. The molecule has 0 amide bonds. The number of para-hydroxylation sites is 1. The first-order chi connectivity index (χ1) is 13.7. The second kappa shape index (κ2) is 29.1. The fourth-order valence-electron chi connectivity index (χ4n) is 1.57. The number of hydrogen-bond acceptors (Lipinski definition) is 3. The highest BCUT2D eigenvalue weighted by atomic mass is 128. The fraction of sp³-hybridized carbons (Fsp3) is 0.409. The molecule has 0 atom stereocenters. The maximum absolute atomic E-state index is 11.6. The molecule has 1 N–H and O–H groups in total. The Labute approximate surface area is 210 Å². The number of carbonyl (C=O) groups is 1. The molecule has 0 radical (unpaired) electrons. The molecule has 0 unspecified atom stereocenters. The molecule has 0 saturated carbocycles. The largest absolute Gasteiger partial charge is 0.465 e. The Morgan fingerprint density at radius 2 is 1.21 bits per heavy atom. The predicted octanol–water partition coefficient (Wildman–Crippen LogP) is 9.70. The van der Waals surface area contributed by atoms with Crippen LogP contribution in [0.25, 0.3) is 0 Å². The molecule has 0 fully saturated rings. The maximum atomic E-state index is 11.6. The summed E-state index contributed by atoms with van der Waals surface area (Å²) >= 11 is 6.49. The maximum Gasteiger partial charge on any atom is 0.339 e. The van der Waals surface area contributed by atoms with Gasteiger partial charge in [0.05, 0.1) is 18.4 Å². The first-order valence-corrected chi connectivity index (χ1v) is 16.9. The van der Waals surface area contributed by atoms with Crippen LogP contribution in [0.15, 0.2) is 48.5 Å². The van der Waals surface area contributed by atoms with Gasteiger partial charge in [-0.25, -0.2) is 4.79 Å². The van der Waals surface area contributed by atoms with Gasteiger partial charge in [0.25, 0.3) is 0 Å². The number of halogens is 3. The number of methoxy groups -OCH3 is 1. The quantitative estimate of drug-likeness (QED) is 0.253. The Morgan fingerprint density at radius 3 is 1.64 bits per heavy atom. The van der Waals surface area contributed by atoms with E-state index in [0.717, 1.165) is 11.4 Å². The van der Waals surface area contributed by atoms with Crippen LogP contribution in [0.2, 0.25) is 0 Å². The zero-order chi connectivity index (χ0) is 23.0. The van der Waals surface area contributed by atoms with Crippen molar-refractivity contribution in [2.24, 2.45) is 0 Å². The van der Waals surface area contributed by atoms with Gasteiger partial charge in [0.15, 0.2) is 0 Å². The van der Waals surface area contributed by atoms with Crippen molar-refractivity contribution >= 4 is 77.2 Å². The first-order valence-electron chi connectivity index (χ1n) is 9.55. The van der Waals surface area contributed by atoms with Gasteiger partial charge in [0, 0.05) is 46.5 Å². The standard InChI is InChI=1S/C14H12INO2.4C2H6.I2/c1-18-14(17)12-4-2-3-5-13(12)16-11-8-6-10(15)7-9-11;5*1-2/h2-9,16H,1H3;4*1-2H3;. The third kappa shape index (κ3) is 16.8. The average Bonchev–Trinajstić information content (AvgIpc) is 2.82. The molecule has 2 rings (SSSR count). The molecule has 0 aliphatic rings. The molecule has 0 aliphatic heterocycles. The zero-order valence-corrected chi connectivity index (χ0v) is 25.0. The smallest absolute Gasteiger partial charge is 0.339 e. The molecule has 0 saturated heterocycles. The molecule has 0 heterocycles. The van der Waals surface area contributed by atoms with Gasteiger partial charge in [-0.1, -0.05) is 67.5 Å². The van der Waals surface area contributed by atoms with Gasteiger partial charge in [0.2, 0.25) is 0 Å². The predicted molar refractivity (Wildman–Crippen MR) is 154 cm³/mol. The summed E-state index contributed by atoms with van der Waals surface area (Å²) in [6.07, 6.45) is 0. The van der Waals surface area contributed by atoms with Gasteiger partial charge >= 0.3 is 5.97 Å². The Bertz CT molecular complexity index is 562. The zero-order valence-electron chi connectivity index (χ0n) is 18.6. The second-order valence-electron chi connectivity index (χ2n) is 3.67. The lowest BCUT2D eigenvalue weighted by Gasteiger charge is -2.10. The van der Waals surface area contributed by atoms with Crippen LogP contribution in [0.4, 0.5) is 11.4 Å². The summed E-state index contributed by atoms with van der Waals surface area (Å²) in [6, 6.07) is 15.2. The lowest BCUT2D eigenvalue weighted by molar-refractivity contribution is 0.0602. The monoisotopic (exact) mass is 727 g/mol. The van der Waals surface area contributed by atoms with Crippen molar-refractivity contribution in [1.29, 1.82) is 0 Å². The molecular weight excluding hydrogens is 691 g/mol. The van der Waals surface area contributed by atoms with E-state index in [2.05, 4.69) is 65.1 Å². The molecule has 0 spiro atoms. The van der Waals surface area contributed by atoms with Gasteiger partial charge in [-0.2, -0.15) is 0 Å². The van der Waals surface area contributed by atoms with Crippen LogP contribution in [0.1, 0.15) is 65.7 Å². The van der Waals surface area contributed by atoms with Crippen LogP contribution in [0.3, 0.4) is 0 Å². The number of carbonyl (C=O) groups excluding carboxylic acids is 1. The molecule has 0 bridgehead atoms. The Kier molecular flexibility index (Phi) is 36.7. The van der Waals surface area contributed by atoms with E-state index in [0.29, 0.717) is 5.56 Å². The minimum absolute atomic E-state index is 0.344. The number of esters is 1. The van der Waals surface area contributed by atoms with Gasteiger partial charge in [0.1, 0.15) is 0 Å². The summed E-state index contributed by atoms with van der Waals surface area (Å²) in [6.45, 7) is 16.0. The minimum Gasteiger partial charge on any atom is -0.465 e. The second-order valence-corrected chi connectivity index (χ2v) is 4.91. The van der Waals surface area contributed by atoms with Crippen molar-refractivity contribution in [3.8, 4) is 0 Å². The Hall–Kier alpha value is -0.1000. The number of nitrogens with one attached hydrogen (secondary N) is 1. The van der Waals surface area contributed by atoms with Crippen LogP contribution in [-0.2, 0) is 4.74 Å². The summed E-state index contributed by atoms with van der Waals surface area (Å²) < 4.78 is 5.92.